The van der Waals surface area contributed by atoms with Crippen molar-refractivity contribution >= 4 is 0 Å². The van der Waals surface area contributed by atoms with Gasteiger partial charge in [0.05, 0.1) is 12.7 Å². The van der Waals surface area contributed by atoms with Crippen LogP contribution >= 0.6 is 0 Å². The quantitative estimate of drug-likeness (QED) is 0.760. The number of methoxy groups -OCH3 is 1. The van der Waals surface area contributed by atoms with Crippen molar-refractivity contribution in [2.75, 3.05) is 26.8 Å². The zero-order valence-corrected chi connectivity index (χ0v) is 13.0. The fraction of sp³-hybridized carbons (Fsp3) is 0.647. The van der Waals surface area contributed by atoms with Crippen molar-refractivity contribution in [3.63, 3.8) is 0 Å². The number of aliphatic hydroxyl groups excluding tert-OH is 1. The second-order valence-corrected chi connectivity index (χ2v) is 5.97. The zero-order chi connectivity index (χ0) is 15.2. The standard InChI is InChI=1S/C17H26FNO2/c1-13(14-6-7-14)19(10-11-21-2)9-8-17(20)15-4-3-5-16(18)12-15/h3-5,12-14,17,20H,6-11H2,1-2H3. The maximum atomic E-state index is 13.2. The molecule has 3 nitrogen and oxygen atoms in total. The molecule has 1 N–H and O–H groups in total. The molecule has 0 heterocycles. The van der Waals surface area contributed by atoms with Crippen molar-refractivity contribution < 1.29 is 14.2 Å². The number of hydrogen-bond acceptors (Lipinski definition) is 3. The van der Waals surface area contributed by atoms with Gasteiger partial charge in [0, 0.05) is 26.2 Å². The second kappa shape index (κ2) is 7.87. The van der Waals surface area contributed by atoms with E-state index in [9.17, 15) is 9.50 Å². The molecule has 2 unspecified atom stereocenters. The van der Waals surface area contributed by atoms with Crippen molar-refractivity contribution in [1.82, 2.24) is 4.90 Å². The molecule has 0 amide bonds. The van der Waals surface area contributed by atoms with E-state index in [1.54, 1.807) is 19.2 Å². The summed E-state index contributed by atoms with van der Waals surface area (Å²) in [6, 6.07) is 6.76. The summed E-state index contributed by atoms with van der Waals surface area (Å²) in [4.78, 5) is 2.38. The molecule has 0 aromatic heterocycles. The van der Waals surface area contributed by atoms with Crippen LogP contribution in [0.2, 0.25) is 0 Å². The van der Waals surface area contributed by atoms with Crippen molar-refractivity contribution in [1.29, 1.82) is 0 Å². The molecule has 2 rings (SSSR count). The van der Waals surface area contributed by atoms with Gasteiger partial charge in [0.1, 0.15) is 5.82 Å². The average molecular weight is 295 g/mol. The van der Waals surface area contributed by atoms with E-state index in [4.69, 9.17) is 4.74 Å². The fourth-order valence-electron chi connectivity index (χ4n) is 2.77. The molecule has 0 spiro atoms. The number of hydrogen-bond donors (Lipinski definition) is 1. The molecule has 1 aliphatic carbocycles. The van der Waals surface area contributed by atoms with Crippen molar-refractivity contribution in [2.24, 2.45) is 5.92 Å². The van der Waals surface area contributed by atoms with Gasteiger partial charge in [-0.1, -0.05) is 12.1 Å². The van der Waals surface area contributed by atoms with E-state index in [1.165, 1.54) is 25.0 Å². The first-order chi connectivity index (χ1) is 10.1. The SMILES string of the molecule is COCCN(CCC(O)c1cccc(F)c1)C(C)C1CC1. The molecule has 1 aliphatic rings. The number of rotatable bonds is 9. The van der Waals surface area contributed by atoms with Crippen LogP contribution in [-0.4, -0.2) is 42.9 Å². The summed E-state index contributed by atoms with van der Waals surface area (Å²) in [6.07, 6.45) is 2.61. The first-order valence-electron chi connectivity index (χ1n) is 7.78. The zero-order valence-electron chi connectivity index (χ0n) is 13.0. The Morgan fingerprint density at radius 2 is 2.14 bits per heavy atom. The molecule has 1 aromatic carbocycles. The average Bonchev–Trinajstić information content (AvgIpc) is 3.31. The van der Waals surface area contributed by atoms with Crippen LogP contribution in [0.5, 0.6) is 0 Å². The van der Waals surface area contributed by atoms with E-state index in [0.29, 0.717) is 24.6 Å². The first-order valence-corrected chi connectivity index (χ1v) is 7.78. The molecule has 21 heavy (non-hydrogen) atoms. The van der Waals surface area contributed by atoms with Crippen molar-refractivity contribution in [3.05, 3.63) is 35.6 Å². The Kier molecular flexibility index (Phi) is 6.15. The number of benzene rings is 1. The van der Waals surface area contributed by atoms with Gasteiger partial charge in [-0.25, -0.2) is 4.39 Å². The molecule has 4 heteroatoms. The van der Waals surface area contributed by atoms with Crippen LogP contribution in [0.1, 0.15) is 37.9 Å². The van der Waals surface area contributed by atoms with E-state index in [0.717, 1.165) is 19.0 Å². The highest BCUT2D eigenvalue weighted by Crippen LogP contribution is 2.35. The van der Waals surface area contributed by atoms with E-state index in [2.05, 4.69) is 11.8 Å². The molecule has 1 fully saturated rings. The summed E-state index contributed by atoms with van der Waals surface area (Å²) in [5.41, 5.74) is 0.653. The highest BCUT2D eigenvalue weighted by molar-refractivity contribution is 5.18. The maximum absolute atomic E-state index is 13.2. The maximum Gasteiger partial charge on any atom is 0.123 e. The molecule has 2 atom stereocenters. The van der Waals surface area contributed by atoms with Gasteiger partial charge >= 0.3 is 0 Å². The third kappa shape index (κ3) is 5.06. The van der Waals surface area contributed by atoms with Gasteiger partial charge in [-0.2, -0.15) is 0 Å². The Balaban J connectivity index is 1.87. The Morgan fingerprint density at radius 3 is 2.76 bits per heavy atom. The van der Waals surface area contributed by atoms with Gasteiger partial charge in [-0.3, -0.25) is 4.90 Å². The largest absolute Gasteiger partial charge is 0.388 e. The first kappa shape index (κ1) is 16.4. The highest BCUT2D eigenvalue weighted by Gasteiger charge is 2.31. The minimum atomic E-state index is -0.614. The highest BCUT2D eigenvalue weighted by atomic mass is 19.1. The lowest BCUT2D eigenvalue weighted by molar-refractivity contribution is 0.0916. The van der Waals surface area contributed by atoms with Crippen molar-refractivity contribution in [3.8, 4) is 0 Å². The predicted molar refractivity (Wildman–Crippen MR) is 81.6 cm³/mol. The molecule has 0 radical (unpaired) electrons. The number of nitrogens with zero attached hydrogens (tertiary/aromatic N) is 1. The van der Waals surface area contributed by atoms with Crippen LogP contribution in [0.3, 0.4) is 0 Å². The second-order valence-electron chi connectivity index (χ2n) is 5.97. The summed E-state index contributed by atoms with van der Waals surface area (Å²) in [5, 5.41) is 10.2. The van der Waals surface area contributed by atoms with Gasteiger partial charge in [-0.05, 0) is 49.8 Å². The van der Waals surface area contributed by atoms with Gasteiger partial charge in [-0.15, -0.1) is 0 Å². The summed E-state index contributed by atoms with van der Waals surface area (Å²) in [7, 11) is 1.71. The molecule has 0 saturated heterocycles. The van der Waals surface area contributed by atoms with Crippen LogP contribution in [-0.2, 0) is 4.74 Å². The van der Waals surface area contributed by atoms with Gasteiger partial charge < -0.3 is 9.84 Å². The van der Waals surface area contributed by atoms with Crippen LogP contribution in [0.15, 0.2) is 24.3 Å². The minimum absolute atomic E-state index is 0.297. The minimum Gasteiger partial charge on any atom is -0.388 e. The molecule has 118 valence electrons. The predicted octanol–water partition coefficient (Wildman–Crippen LogP) is 3.00. The summed E-state index contributed by atoms with van der Waals surface area (Å²) in [5.74, 6) is 0.488. The summed E-state index contributed by atoms with van der Waals surface area (Å²) >= 11 is 0. The van der Waals surface area contributed by atoms with Gasteiger partial charge in [0.2, 0.25) is 0 Å². The smallest absolute Gasteiger partial charge is 0.123 e. The van der Waals surface area contributed by atoms with Crippen LogP contribution in [0.4, 0.5) is 4.39 Å². The van der Waals surface area contributed by atoms with Crippen LogP contribution in [0.25, 0.3) is 0 Å². The van der Waals surface area contributed by atoms with Crippen LogP contribution < -0.4 is 0 Å². The molecular weight excluding hydrogens is 269 g/mol. The third-order valence-corrected chi connectivity index (χ3v) is 4.39. The van der Waals surface area contributed by atoms with Crippen LogP contribution in [0, 0.1) is 11.7 Å². The lowest BCUT2D eigenvalue weighted by Crippen LogP contribution is -2.38. The lowest BCUT2D eigenvalue weighted by Gasteiger charge is -2.29. The normalized spacial score (nSPS) is 18.0. The van der Waals surface area contributed by atoms with E-state index in [-0.39, 0.29) is 5.82 Å². The Labute approximate surface area is 126 Å². The summed E-state index contributed by atoms with van der Waals surface area (Å²) < 4.78 is 18.4. The van der Waals surface area contributed by atoms with E-state index >= 15 is 0 Å². The monoisotopic (exact) mass is 295 g/mol. The molecule has 1 saturated carbocycles. The fourth-order valence-corrected chi connectivity index (χ4v) is 2.77. The molecule has 0 aliphatic heterocycles. The van der Waals surface area contributed by atoms with Crippen molar-refractivity contribution in [2.45, 2.75) is 38.3 Å². The number of aliphatic hydroxyl groups is 1. The van der Waals surface area contributed by atoms with Gasteiger partial charge in [0.25, 0.3) is 0 Å². The number of ether oxygens (including phenoxy) is 1. The Bertz CT molecular complexity index is 437. The molecular formula is C17H26FNO2. The molecule has 1 aromatic rings. The Hall–Kier alpha value is -0.970. The van der Waals surface area contributed by atoms with E-state index < -0.39 is 6.10 Å². The van der Waals surface area contributed by atoms with Gasteiger partial charge in [0.15, 0.2) is 0 Å². The topological polar surface area (TPSA) is 32.7 Å². The molecule has 0 bridgehead atoms. The lowest BCUT2D eigenvalue weighted by atomic mass is 10.1. The number of halogens is 1. The van der Waals surface area contributed by atoms with E-state index in [1.807, 2.05) is 0 Å². The Morgan fingerprint density at radius 1 is 1.38 bits per heavy atom. The summed E-state index contributed by atoms with van der Waals surface area (Å²) in [6.45, 7) is 4.64. The third-order valence-electron chi connectivity index (χ3n) is 4.39.